The predicted octanol–water partition coefficient (Wildman–Crippen LogP) is 8.30. The molecule has 0 aliphatic carbocycles. The number of ether oxygens (including phenoxy) is 1. The maximum atomic E-state index is 13.8. The molecule has 1 aliphatic rings. The van der Waals surface area contributed by atoms with Crippen molar-refractivity contribution in [3.63, 3.8) is 0 Å². The minimum Gasteiger partial charge on any atom is -0.494 e. The molecular formula is C39H43ClF3N3O2S. The van der Waals surface area contributed by atoms with Gasteiger partial charge in [-0.15, -0.1) is 0 Å². The molecule has 0 spiro atoms. The molecule has 0 saturated carbocycles. The average molecular weight is 710 g/mol. The number of amides is 1. The molecular weight excluding hydrogens is 667 g/mol. The first kappa shape index (κ1) is 36.8. The summed E-state index contributed by atoms with van der Waals surface area (Å²) in [5.41, 5.74) is 1.74. The number of nitrogens with zero attached hydrogens (tertiary/aromatic N) is 2. The molecule has 1 aliphatic heterocycles. The molecule has 0 aromatic heterocycles. The van der Waals surface area contributed by atoms with Gasteiger partial charge < -0.3 is 10.1 Å². The van der Waals surface area contributed by atoms with Gasteiger partial charge in [0.2, 0.25) is 5.91 Å². The van der Waals surface area contributed by atoms with E-state index in [1.807, 2.05) is 96.7 Å². The lowest BCUT2D eigenvalue weighted by molar-refractivity contribution is -0.137. The third kappa shape index (κ3) is 10.0. The Bertz CT molecular complexity index is 1600. The summed E-state index contributed by atoms with van der Waals surface area (Å²) >= 11 is 8.40. The Morgan fingerprint density at radius 2 is 1.57 bits per heavy atom. The molecule has 5 nitrogen and oxygen atoms in total. The van der Waals surface area contributed by atoms with Crippen LogP contribution < -0.4 is 10.1 Å². The maximum Gasteiger partial charge on any atom is 0.417 e. The van der Waals surface area contributed by atoms with E-state index in [2.05, 4.69) is 22.0 Å². The summed E-state index contributed by atoms with van der Waals surface area (Å²) in [6, 6.07) is 31.6. The predicted molar refractivity (Wildman–Crippen MR) is 193 cm³/mol. The number of carbonyl (C=O) groups excluding carboxylic acids is 1. The second-order valence-electron chi connectivity index (χ2n) is 12.3. The van der Waals surface area contributed by atoms with Crippen molar-refractivity contribution < 1.29 is 22.7 Å². The smallest absolute Gasteiger partial charge is 0.417 e. The first-order valence-corrected chi connectivity index (χ1v) is 18.2. The minimum atomic E-state index is -4.56. The van der Waals surface area contributed by atoms with Crippen molar-refractivity contribution in [1.82, 2.24) is 15.1 Å². The molecule has 49 heavy (non-hydrogen) atoms. The number of alkyl halides is 3. The van der Waals surface area contributed by atoms with Crippen LogP contribution in [0, 0.1) is 0 Å². The van der Waals surface area contributed by atoms with Crippen molar-refractivity contribution in [2.45, 2.75) is 38.0 Å². The van der Waals surface area contributed by atoms with Crippen LogP contribution in [0.25, 0.3) is 0 Å². The van der Waals surface area contributed by atoms with Gasteiger partial charge in [0.25, 0.3) is 0 Å². The second-order valence-corrected chi connectivity index (χ2v) is 13.9. The number of hydrogen-bond acceptors (Lipinski definition) is 5. The average Bonchev–Trinajstić information content (AvgIpc) is 3.11. The largest absolute Gasteiger partial charge is 0.494 e. The van der Waals surface area contributed by atoms with Gasteiger partial charge in [-0.2, -0.15) is 24.9 Å². The maximum absolute atomic E-state index is 13.8. The normalized spacial score (nSPS) is 14.2. The van der Waals surface area contributed by atoms with E-state index in [4.69, 9.17) is 16.3 Å². The Hall–Kier alpha value is -3.50. The highest BCUT2D eigenvalue weighted by Crippen LogP contribution is 2.40. The summed E-state index contributed by atoms with van der Waals surface area (Å²) in [6.07, 6.45) is -3.70. The minimum absolute atomic E-state index is 0.0199. The summed E-state index contributed by atoms with van der Waals surface area (Å²) in [7, 11) is 0. The van der Waals surface area contributed by atoms with E-state index in [1.165, 1.54) is 6.07 Å². The summed E-state index contributed by atoms with van der Waals surface area (Å²) in [6.45, 7) is 6.78. The van der Waals surface area contributed by atoms with Gasteiger partial charge in [0, 0.05) is 50.8 Å². The van der Waals surface area contributed by atoms with Crippen LogP contribution in [0.5, 0.6) is 5.75 Å². The van der Waals surface area contributed by atoms with Gasteiger partial charge in [-0.25, -0.2) is 0 Å². The Kier molecular flexibility index (Phi) is 13.1. The van der Waals surface area contributed by atoms with E-state index < -0.39 is 17.3 Å². The van der Waals surface area contributed by atoms with E-state index in [0.29, 0.717) is 37.4 Å². The first-order chi connectivity index (χ1) is 23.6. The molecule has 1 amide bonds. The third-order valence-electron chi connectivity index (χ3n) is 9.01. The summed E-state index contributed by atoms with van der Waals surface area (Å²) in [4.78, 5) is 17.2. The molecule has 1 heterocycles. The van der Waals surface area contributed by atoms with Crippen LogP contribution in [0.2, 0.25) is 5.02 Å². The van der Waals surface area contributed by atoms with Crippen LogP contribution in [0.4, 0.5) is 13.2 Å². The molecule has 5 rings (SSSR count). The van der Waals surface area contributed by atoms with Crippen LogP contribution in [0.1, 0.15) is 41.2 Å². The molecule has 0 atom stereocenters. The lowest BCUT2D eigenvalue weighted by Crippen LogP contribution is -2.45. The van der Waals surface area contributed by atoms with Crippen LogP contribution in [0.15, 0.2) is 103 Å². The van der Waals surface area contributed by atoms with Gasteiger partial charge in [-0.3, -0.25) is 14.6 Å². The molecule has 1 N–H and O–H groups in total. The second kappa shape index (κ2) is 17.4. The van der Waals surface area contributed by atoms with E-state index in [1.54, 1.807) is 6.07 Å². The number of carbonyl (C=O) groups is 1. The molecule has 0 unspecified atom stereocenters. The van der Waals surface area contributed by atoms with E-state index in [9.17, 15) is 18.0 Å². The zero-order valence-electron chi connectivity index (χ0n) is 27.7. The lowest BCUT2D eigenvalue weighted by Gasteiger charge is -2.43. The summed E-state index contributed by atoms with van der Waals surface area (Å²) in [5.74, 6) is 2.93. The molecule has 260 valence electrons. The summed E-state index contributed by atoms with van der Waals surface area (Å²) < 4.78 is 47.6. The van der Waals surface area contributed by atoms with Crippen molar-refractivity contribution in [2.24, 2.45) is 0 Å². The van der Waals surface area contributed by atoms with Gasteiger partial charge >= 0.3 is 6.18 Å². The van der Waals surface area contributed by atoms with E-state index in [0.717, 1.165) is 53.9 Å². The quantitative estimate of drug-likeness (QED) is 0.126. The fourth-order valence-corrected chi connectivity index (χ4v) is 7.53. The number of nitrogens with one attached hydrogen (secondary N) is 1. The van der Waals surface area contributed by atoms with E-state index >= 15 is 0 Å². The first-order valence-electron chi connectivity index (χ1n) is 16.6. The highest BCUT2D eigenvalue weighted by molar-refractivity contribution is 7.99. The van der Waals surface area contributed by atoms with Crippen molar-refractivity contribution >= 4 is 29.3 Å². The van der Waals surface area contributed by atoms with Gasteiger partial charge in [-0.05, 0) is 53.8 Å². The fourth-order valence-electron chi connectivity index (χ4n) is 6.26. The zero-order chi connectivity index (χ0) is 34.7. The van der Waals surface area contributed by atoms with Gasteiger partial charge in [0.05, 0.1) is 29.2 Å². The Morgan fingerprint density at radius 3 is 2.22 bits per heavy atom. The number of hydrogen-bond donors (Lipinski definition) is 1. The molecule has 1 fully saturated rings. The Labute approximate surface area is 296 Å². The fraction of sp³-hybridized carbons (Fsp3) is 0.359. The van der Waals surface area contributed by atoms with Crippen molar-refractivity contribution in [3.05, 3.63) is 136 Å². The summed E-state index contributed by atoms with van der Waals surface area (Å²) in [5, 5.41) is 2.75. The Balaban J connectivity index is 1.28. The molecule has 4 aromatic carbocycles. The van der Waals surface area contributed by atoms with Gasteiger partial charge in [0.1, 0.15) is 5.75 Å². The number of benzene rings is 4. The molecule has 0 radical (unpaired) electrons. The van der Waals surface area contributed by atoms with Crippen molar-refractivity contribution in [1.29, 1.82) is 0 Å². The number of halogens is 4. The van der Waals surface area contributed by atoms with Gasteiger partial charge in [-0.1, -0.05) is 96.5 Å². The molecule has 10 heteroatoms. The highest BCUT2D eigenvalue weighted by Gasteiger charge is 2.38. The Morgan fingerprint density at radius 1 is 0.918 bits per heavy atom. The number of thioether (sulfide) groups is 1. The van der Waals surface area contributed by atoms with Crippen LogP contribution >= 0.6 is 23.4 Å². The SMILES string of the molecule is CC(c1ccccc1)(c1ccccc1)N(CCCOc1cccc(CC(=O)NCCN2CCSCC2)c1)Cc1cccc(C(F)(F)F)c1Cl. The monoisotopic (exact) mass is 709 g/mol. The lowest BCUT2D eigenvalue weighted by atomic mass is 9.82. The number of rotatable bonds is 15. The van der Waals surface area contributed by atoms with Crippen molar-refractivity contribution in [2.75, 3.05) is 50.8 Å². The molecule has 1 saturated heterocycles. The van der Waals surface area contributed by atoms with Crippen LogP contribution in [-0.4, -0.2) is 66.5 Å². The molecule has 0 bridgehead atoms. The van der Waals surface area contributed by atoms with E-state index in [-0.39, 0.29) is 23.9 Å². The topological polar surface area (TPSA) is 44.8 Å². The zero-order valence-corrected chi connectivity index (χ0v) is 29.3. The van der Waals surface area contributed by atoms with Crippen molar-refractivity contribution in [3.8, 4) is 5.75 Å². The van der Waals surface area contributed by atoms with Crippen LogP contribution in [0.3, 0.4) is 0 Å². The van der Waals surface area contributed by atoms with Crippen LogP contribution in [-0.2, 0) is 29.5 Å². The molecule has 4 aromatic rings. The standard InChI is InChI=1S/C39H43ClF3N3O2S/c1-38(32-13-4-2-5-14-32,33-15-6-3-7-16-33)46(29-31-12-9-18-35(37(31)40)39(41,42)43)20-10-24-48-34-17-8-11-30(27-34)28-36(47)44-19-21-45-22-25-49-26-23-45/h2-9,11-18,27H,10,19-26,28-29H2,1H3,(H,44,47). The van der Waals surface area contributed by atoms with Gasteiger partial charge in [0.15, 0.2) is 0 Å². The third-order valence-corrected chi connectivity index (χ3v) is 10.4. The highest BCUT2D eigenvalue weighted by atomic mass is 35.5.